The van der Waals surface area contributed by atoms with E-state index in [1.165, 1.54) is 12.1 Å². The molecule has 0 aliphatic carbocycles. The first kappa shape index (κ1) is 12.7. The van der Waals surface area contributed by atoms with Crippen LogP contribution in [0.25, 0.3) is 0 Å². The molecule has 0 aliphatic heterocycles. The van der Waals surface area contributed by atoms with Gasteiger partial charge in [-0.15, -0.1) is 0 Å². The number of anilines is 1. The Balaban J connectivity index is 2.30. The summed E-state index contributed by atoms with van der Waals surface area (Å²) in [6.07, 6.45) is 0. The van der Waals surface area contributed by atoms with Crippen LogP contribution in [0.3, 0.4) is 0 Å². The molecule has 3 N–H and O–H groups in total. The second-order valence-corrected chi connectivity index (χ2v) is 4.55. The largest absolute Gasteiger partial charge is 0.292 e. The molecular formula is C11H10F2N4S. The minimum atomic E-state index is -0.626. The zero-order valence-electron chi connectivity index (χ0n) is 9.45. The molecule has 0 aliphatic rings. The molecule has 1 aromatic carbocycles. The van der Waals surface area contributed by atoms with Gasteiger partial charge in [0.2, 0.25) is 5.95 Å². The molecule has 2 rings (SSSR count). The van der Waals surface area contributed by atoms with Gasteiger partial charge in [-0.1, -0.05) is 11.8 Å². The molecule has 1 heterocycles. The predicted octanol–water partition coefficient (Wildman–Crippen LogP) is 2.50. The lowest BCUT2D eigenvalue weighted by atomic mass is 10.3. The van der Waals surface area contributed by atoms with E-state index in [0.717, 1.165) is 17.8 Å². The first-order valence-electron chi connectivity index (χ1n) is 5.03. The third kappa shape index (κ3) is 2.93. The maximum absolute atomic E-state index is 13.5. The number of nitrogens with two attached hydrogens (primary N) is 1. The van der Waals surface area contributed by atoms with Crippen molar-refractivity contribution in [3.05, 3.63) is 41.6 Å². The average Bonchev–Trinajstić information content (AvgIpc) is 2.32. The minimum Gasteiger partial charge on any atom is -0.292 e. The van der Waals surface area contributed by atoms with Crippen molar-refractivity contribution >= 4 is 17.7 Å². The fourth-order valence-corrected chi connectivity index (χ4v) is 2.21. The van der Waals surface area contributed by atoms with Crippen LogP contribution in [0.15, 0.2) is 34.2 Å². The van der Waals surface area contributed by atoms with Gasteiger partial charge in [0.1, 0.15) is 16.7 Å². The van der Waals surface area contributed by atoms with Crippen molar-refractivity contribution in [2.75, 3.05) is 5.43 Å². The number of nitrogens with zero attached hydrogens (tertiary/aromatic N) is 2. The fourth-order valence-electron chi connectivity index (χ4n) is 1.33. The molecule has 4 nitrogen and oxygen atoms in total. The quantitative estimate of drug-likeness (QED) is 0.508. The number of rotatable bonds is 3. The van der Waals surface area contributed by atoms with Gasteiger partial charge in [0.25, 0.3) is 0 Å². The van der Waals surface area contributed by atoms with Gasteiger partial charge in [0.05, 0.1) is 0 Å². The molecule has 0 saturated carbocycles. The molecule has 2 aromatic rings. The number of halogens is 2. The van der Waals surface area contributed by atoms with Crippen molar-refractivity contribution in [1.29, 1.82) is 0 Å². The van der Waals surface area contributed by atoms with Crippen LogP contribution in [0.4, 0.5) is 14.7 Å². The minimum absolute atomic E-state index is 0.250. The summed E-state index contributed by atoms with van der Waals surface area (Å²) in [6.45, 7) is 1.77. The average molecular weight is 268 g/mol. The summed E-state index contributed by atoms with van der Waals surface area (Å²) < 4.78 is 26.2. The molecule has 0 spiro atoms. The predicted molar refractivity (Wildman–Crippen MR) is 65.1 cm³/mol. The van der Waals surface area contributed by atoms with E-state index < -0.39 is 11.6 Å². The van der Waals surface area contributed by atoms with Gasteiger partial charge in [-0.2, -0.15) is 0 Å². The normalized spacial score (nSPS) is 10.4. The maximum atomic E-state index is 13.5. The van der Waals surface area contributed by atoms with E-state index in [1.807, 2.05) is 0 Å². The number of hydrogen-bond donors (Lipinski definition) is 2. The van der Waals surface area contributed by atoms with Crippen molar-refractivity contribution in [2.24, 2.45) is 5.84 Å². The second-order valence-electron chi connectivity index (χ2n) is 3.49. The molecule has 1 aromatic heterocycles. The molecule has 0 amide bonds. The highest BCUT2D eigenvalue weighted by molar-refractivity contribution is 7.99. The first-order valence-corrected chi connectivity index (χ1v) is 5.85. The van der Waals surface area contributed by atoms with Crippen molar-refractivity contribution < 1.29 is 8.78 Å². The summed E-state index contributed by atoms with van der Waals surface area (Å²) >= 11 is 1.08. The fraction of sp³-hybridized carbons (Fsp3) is 0.0909. The zero-order valence-corrected chi connectivity index (χ0v) is 10.3. The molecule has 0 fully saturated rings. The lowest BCUT2D eigenvalue weighted by Crippen LogP contribution is -2.11. The van der Waals surface area contributed by atoms with Gasteiger partial charge in [-0.05, 0) is 25.1 Å². The molecule has 0 unspecified atom stereocenters. The van der Waals surface area contributed by atoms with Crippen LogP contribution in [-0.4, -0.2) is 9.97 Å². The van der Waals surface area contributed by atoms with E-state index in [2.05, 4.69) is 15.4 Å². The highest BCUT2D eigenvalue weighted by Crippen LogP contribution is 2.29. The number of benzene rings is 1. The lowest BCUT2D eigenvalue weighted by molar-refractivity contribution is 0.565. The molecule has 0 bridgehead atoms. The standard InChI is InChI=1S/C11H10F2N4S/c1-6-4-10(16-11(15-6)17-14)18-9-3-2-7(12)5-8(9)13/h2-5H,14H2,1H3,(H,15,16,17). The summed E-state index contributed by atoms with van der Waals surface area (Å²) in [6, 6.07) is 5.08. The Morgan fingerprint density at radius 2 is 2.00 bits per heavy atom. The topological polar surface area (TPSA) is 63.8 Å². The summed E-state index contributed by atoms with van der Waals surface area (Å²) in [7, 11) is 0. The Labute approximate surface area is 107 Å². The summed E-state index contributed by atoms with van der Waals surface area (Å²) in [5, 5.41) is 0.529. The third-order valence-corrected chi connectivity index (χ3v) is 3.04. The lowest BCUT2D eigenvalue weighted by Gasteiger charge is -2.05. The smallest absolute Gasteiger partial charge is 0.238 e. The van der Waals surface area contributed by atoms with E-state index in [0.29, 0.717) is 10.7 Å². The van der Waals surface area contributed by atoms with E-state index in [-0.39, 0.29) is 10.8 Å². The van der Waals surface area contributed by atoms with Gasteiger partial charge in [0, 0.05) is 16.7 Å². The van der Waals surface area contributed by atoms with Crippen LogP contribution in [0, 0.1) is 18.6 Å². The van der Waals surface area contributed by atoms with Crippen molar-refractivity contribution in [3.63, 3.8) is 0 Å². The molecule has 0 saturated heterocycles. The molecule has 18 heavy (non-hydrogen) atoms. The van der Waals surface area contributed by atoms with E-state index in [4.69, 9.17) is 5.84 Å². The number of aromatic nitrogens is 2. The Morgan fingerprint density at radius 1 is 1.22 bits per heavy atom. The SMILES string of the molecule is Cc1cc(Sc2ccc(F)cc2F)nc(NN)n1. The van der Waals surface area contributed by atoms with Gasteiger partial charge in [-0.25, -0.2) is 24.6 Å². The van der Waals surface area contributed by atoms with Crippen LogP contribution in [0.1, 0.15) is 5.69 Å². The van der Waals surface area contributed by atoms with Crippen LogP contribution in [0.2, 0.25) is 0 Å². The third-order valence-electron chi connectivity index (χ3n) is 2.07. The number of nitrogens with one attached hydrogen (secondary N) is 1. The number of hydrazine groups is 1. The summed E-state index contributed by atoms with van der Waals surface area (Å²) in [5.74, 6) is 4.24. The van der Waals surface area contributed by atoms with Crippen LogP contribution >= 0.6 is 11.8 Å². The molecule has 94 valence electrons. The Bertz CT molecular complexity index is 577. The maximum Gasteiger partial charge on any atom is 0.238 e. The first-order chi connectivity index (χ1) is 8.58. The van der Waals surface area contributed by atoms with E-state index in [9.17, 15) is 8.78 Å². The number of aryl methyl sites for hydroxylation is 1. The van der Waals surface area contributed by atoms with Crippen LogP contribution in [0.5, 0.6) is 0 Å². The Kier molecular flexibility index (Phi) is 3.73. The Hall–Kier alpha value is -1.73. The van der Waals surface area contributed by atoms with Crippen molar-refractivity contribution in [1.82, 2.24) is 9.97 Å². The van der Waals surface area contributed by atoms with Gasteiger partial charge < -0.3 is 0 Å². The van der Waals surface area contributed by atoms with E-state index in [1.54, 1.807) is 13.0 Å². The summed E-state index contributed by atoms with van der Waals surface area (Å²) in [4.78, 5) is 8.37. The van der Waals surface area contributed by atoms with Gasteiger partial charge in [-0.3, -0.25) is 5.43 Å². The monoisotopic (exact) mass is 268 g/mol. The number of nitrogen functional groups attached to an aromatic ring is 1. The molecular weight excluding hydrogens is 258 g/mol. The Morgan fingerprint density at radius 3 is 2.67 bits per heavy atom. The second kappa shape index (κ2) is 5.28. The van der Waals surface area contributed by atoms with Crippen molar-refractivity contribution in [3.8, 4) is 0 Å². The molecule has 7 heteroatoms. The highest BCUT2D eigenvalue weighted by atomic mass is 32.2. The van der Waals surface area contributed by atoms with E-state index >= 15 is 0 Å². The van der Waals surface area contributed by atoms with Gasteiger partial charge in [0.15, 0.2) is 0 Å². The van der Waals surface area contributed by atoms with Crippen LogP contribution < -0.4 is 11.3 Å². The molecule has 0 atom stereocenters. The van der Waals surface area contributed by atoms with Crippen molar-refractivity contribution in [2.45, 2.75) is 16.8 Å². The summed E-state index contributed by atoms with van der Waals surface area (Å²) in [5.41, 5.74) is 3.03. The number of hydrogen-bond acceptors (Lipinski definition) is 5. The highest BCUT2D eigenvalue weighted by Gasteiger charge is 2.08. The van der Waals surface area contributed by atoms with Crippen LogP contribution in [-0.2, 0) is 0 Å². The zero-order chi connectivity index (χ0) is 13.1. The molecule has 0 radical (unpaired) electrons. The van der Waals surface area contributed by atoms with Gasteiger partial charge >= 0.3 is 0 Å².